The van der Waals surface area contributed by atoms with E-state index in [9.17, 15) is 14.7 Å². The highest BCUT2D eigenvalue weighted by molar-refractivity contribution is 5.75. The molecule has 2 bridgehead atoms. The lowest BCUT2D eigenvalue weighted by Crippen LogP contribution is -2.56. The second-order valence-corrected chi connectivity index (χ2v) is 9.56. The van der Waals surface area contributed by atoms with Gasteiger partial charge in [0.25, 0.3) is 0 Å². The van der Waals surface area contributed by atoms with Gasteiger partial charge in [0.05, 0.1) is 5.41 Å². The summed E-state index contributed by atoms with van der Waals surface area (Å²) in [6.07, 6.45) is 8.57. The van der Waals surface area contributed by atoms with Gasteiger partial charge in [0.2, 0.25) is 0 Å². The van der Waals surface area contributed by atoms with Crippen LogP contribution in [-0.2, 0) is 14.3 Å². The Hall–Kier alpha value is -1.58. The van der Waals surface area contributed by atoms with Crippen LogP contribution in [0.1, 0.15) is 65.7 Å². The van der Waals surface area contributed by atoms with E-state index in [2.05, 4.69) is 19.6 Å². The first-order valence-corrected chi connectivity index (χ1v) is 9.95. The summed E-state index contributed by atoms with van der Waals surface area (Å²) in [5, 5.41) is 9.99. The maximum atomic E-state index is 12.1. The minimum Gasteiger partial charge on any atom is -0.481 e. The van der Waals surface area contributed by atoms with E-state index in [-0.39, 0.29) is 28.8 Å². The summed E-state index contributed by atoms with van der Waals surface area (Å²) < 4.78 is 5.83. The van der Waals surface area contributed by atoms with Crippen molar-refractivity contribution in [3.8, 4) is 0 Å². The number of allylic oxidation sites excluding steroid dienone is 1. The fourth-order valence-electron chi connectivity index (χ4n) is 7.21. The third-order valence-electron chi connectivity index (χ3n) is 8.31. The lowest BCUT2D eigenvalue weighted by Gasteiger charge is -2.60. The number of carbonyl (C=O) groups excluding carboxylic acids is 1. The number of fused-ring (bicyclic) bond motifs is 3. The topological polar surface area (TPSA) is 63.6 Å². The van der Waals surface area contributed by atoms with Gasteiger partial charge in [-0.3, -0.25) is 9.59 Å². The number of esters is 1. The molecule has 0 saturated heterocycles. The molecule has 3 fully saturated rings. The molecule has 4 nitrogen and oxygen atoms in total. The normalized spacial score (nSPS) is 46.8. The first-order chi connectivity index (χ1) is 12.1. The van der Waals surface area contributed by atoms with Crippen LogP contribution in [0.15, 0.2) is 23.8 Å². The van der Waals surface area contributed by atoms with Gasteiger partial charge in [-0.15, -0.1) is 0 Å². The molecule has 1 N–H and O–H groups in total. The van der Waals surface area contributed by atoms with E-state index in [1.54, 1.807) is 0 Å². The number of rotatable bonds is 2. The van der Waals surface area contributed by atoms with Crippen molar-refractivity contribution in [2.24, 2.45) is 28.1 Å². The van der Waals surface area contributed by atoms with E-state index in [1.807, 2.05) is 6.92 Å². The average Bonchev–Trinajstić information content (AvgIpc) is 2.75. The van der Waals surface area contributed by atoms with Gasteiger partial charge in [0.15, 0.2) is 0 Å². The van der Waals surface area contributed by atoms with E-state index in [0.717, 1.165) is 50.5 Å². The van der Waals surface area contributed by atoms with Crippen molar-refractivity contribution in [2.75, 3.05) is 0 Å². The van der Waals surface area contributed by atoms with Crippen LogP contribution in [-0.4, -0.2) is 23.1 Å². The van der Waals surface area contributed by atoms with Crippen molar-refractivity contribution in [3.05, 3.63) is 23.8 Å². The number of hydrogen-bond acceptors (Lipinski definition) is 3. The summed E-state index contributed by atoms with van der Waals surface area (Å²) in [4.78, 5) is 23.9. The summed E-state index contributed by atoms with van der Waals surface area (Å²) >= 11 is 0. The Morgan fingerprint density at radius 1 is 1.27 bits per heavy atom. The van der Waals surface area contributed by atoms with Crippen molar-refractivity contribution < 1.29 is 19.4 Å². The third-order valence-corrected chi connectivity index (χ3v) is 8.31. The fraction of sp³-hybridized carbons (Fsp3) is 0.727. The Balaban J connectivity index is 1.80. The highest BCUT2D eigenvalue weighted by atomic mass is 16.5. The molecule has 0 aromatic rings. The molecule has 0 aromatic heterocycles. The largest absolute Gasteiger partial charge is 0.481 e. The third kappa shape index (κ3) is 2.07. The van der Waals surface area contributed by atoms with Gasteiger partial charge in [-0.25, -0.2) is 0 Å². The minimum atomic E-state index is -0.668. The molecule has 6 atom stereocenters. The van der Waals surface area contributed by atoms with Gasteiger partial charge in [0.1, 0.15) is 6.10 Å². The predicted octanol–water partition coefficient (Wildman–Crippen LogP) is 4.50. The number of hydrogen-bond donors (Lipinski definition) is 1. The summed E-state index contributed by atoms with van der Waals surface area (Å²) in [6.45, 7) is 9.99. The van der Waals surface area contributed by atoms with Gasteiger partial charge in [-0.2, -0.15) is 0 Å². The molecule has 0 heterocycles. The summed E-state index contributed by atoms with van der Waals surface area (Å²) in [7, 11) is 0. The quantitative estimate of drug-likeness (QED) is 0.583. The van der Waals surface area contributed by atoms with E-state index in [0.29, 0.717) is 5.92 Å². The number of carboxylic acid groups (broad SMARTS) is 1. The molecule has 0 amide bonds. The van der Waals surface area contributed by atoms with Gasteiger partial charge in [0, 0.05) is 12.3 Å². The van der Waals surface area contributed by atoms with E-state index >= 15 is 0 Å². The van der Waals surface area contributed by atoms with Crippen molar-refractivity contribution in [3.63, 3.8) is 0 Å². The molecule has 0 aromatic carbocycles. The summed E-state index contributed by atoms with van der Waals surface area (Å²) in [5.41, 5.74) is 1.48. The molecule has 4 heteroatoms. The molecule has 3 saturated carbocycles. The minimum absolute atomic E-state index is 0.127. The van der Waals surface area contributed by atoms with Crippen LogP contribution in [0.5, 0.6) is 0 Å². The molecule has 1 spiro atoms. The molecule has 26 heavy (non-hydrogen) atoms. The number of carboxylic acids is 1. The standard InChI is InChI=1S/C22H30O4/c1-13-15-6-7-17-20(3)9-5-10-21(4,19(24)25)16(20)8-11-22(17,12-15)18(13)26-14(2)23/h7,15-16,18H,1,5-6,8-12H2,2-4H3,(H,24,25)/t15-,16+,18+,20-,21-,22-/m1/s1. The van der Waals surface area contributed by atoms with Crippen molar-refractivity contribution >= 4 is 11.9 Å². The molecule has 0 aliphatic heterocycles. The summed E-state index contributed by atoms with van der Waals surface area (Å²) in [6, 6.07) is 0. The molecule has 4 rings (SSSR count). The first kappa shape index (κ1) is 17.8. The van der Waals surface area contributed by atoms with Gasteiger partial charge < -0.3 is 9.84 Å². The smallest absolute Gasteiger partial charge is 0.309 e. The van der Waals surface area contributed by atoms with E-state index in [4.69, 9.17) is 4.74 Å². The first-order valence-electron chi connectivity index (χ1n) is 9.95. The van der Waals surface area contributed by atoms with Crippen molar-refractivity contribution in [1.29, 1.82) is 0 Å². The SMILES string of the molecule is C=C1[C@@H]2CC=C3[C@@](CC[C@@H]4[C@](C)(C(=O)O)CCC[C@@]34C)(C2)[C@H]1OC(C)=O. The van der Waals surface area contributed by atoms with Crippen LogP contribution in [0.3, 0.4) is 0 Å². The average molecular weight is 358 g/mol. The monoisotopic (exact) mass is 358 g/mol. The lowest BCUT2D eigenvalue weighted by atomic mass is 9.43. The van der Waals surface area contributed by atoms with Gasteiger partial charge in [-0.05, 0) is 68.3 Å². The van der Waals surface area contributed by atoms with Gasteiger partial charge >= 0.3 is 11.9 Å². The number of aliphatic carboxylic acids is 1. The van der Waals surface area contributed by atoms with Gasteiger partial charge in [-0.1, -0.05) is 31.6 Å². The van der Waals surface area contributed by atoms with Crippen molar-refractivity contribution in [2.45, 2.75) is 71.8 Å². The molecular weight excluding hydrogens is 328 g/mol. The molecule has 0 unspecified atom stereocenters. The molecule has 4 aliphatic carbocycles. The Labute approximate surface area is 155 Å². The zero-order valence-corrected chi connectivity index (χ0v) is 16.1. The second-order valence-electron chi connectivity index (χ2n) is 9.56. The highest BCUT2D eigenvalue weighted by Crippen LogP contribution is 2.70. The Morgan fingerprint density at radius 3 is 2.65 bits per heavy atom. The second kappa shape index (κ2) is 5.46. The molecule has 0 radical (unpaired) electrons. The maximum Gasteiger partial charge on any atom is 0.309 e. The van der Waals surface area contributed by atoms with Crippen LogP contribution in [0.25, 0.3) is 0 Å². The Morgan fingerprint density at radius 2 is 2.00 bits per heavy atom. The number of carbonyl (C=O) groups is 2. The Bertz CT molecular complexity index is 722. The van der Waals surface area contributed by atoms with E-state index < -0.39 is 11.4 Å². The molecule has 142 valence electrons. The number of ether oxygens (including phenoxy) is 1. The molecular formula is C22H30O4. The molecule has 4 aliphatic rings. The van der Waals surface area contributed by atoms with Crippen LogP contribution < -0.4 is 0 Å². The Kier molecular flexibility index (Phi) is 3.74. The van der Waals surface area contributed by atoms with Crippen LogP contribution in [0.2, 0.25) is 0 Å². The maximum absolute atomic E-state index is 12.1. The van der Waals surface area contributed by atoms with Crippen LogP contribution in [0, 0.1) is 28.1 Å². The van der Waals surface area contributed by atoms with Crippen LogP contribution in [0.4, 0.5) is 0 Å². The zero-order valence-electron chi connectivity index (χ0n) is 16.1. The zero-order chi connectivity index (χ0) is 18.9. The highest BCUT2D eigenvalue weighted by Gasteiger charge is 2.66. The van der Waals surface area contributed by atoms with Crippen LogP contribution >= 0.6 is 0 Å². The predicted molar refractivity (Wildman–Crippen MR) is 98.4 cm³/mol. The lowest BCUT2D eigenvalue weighted by molar-refractivity contribution is -0.164. The van der Waals surface area contributed by atoms with Crippen molar-refractivity contribution in [1.82, 2.24) is 0 Å². The fourth-order valence-corrected chi connectivity index (χ4v) is 7.21. The van der Waals surface area contributed by atoms with E-state index in [1.165, 1.54) is 12.5 Å². The summed E-state index contributed by atoms with van der Waals surface area (Å²) in [5.74, 6) is -0.381.